The summed E-state index contributed by atoms with van der Waals surface area (Å²) in [5, 5.41) is 22.3. The number of aliphatic hydroxyl groups excluding tert-OH is 2. The van der Waals surface area contributed by atoms with Crippen molar-refractivity contribution in [1.82, 2.24) is 15.3 Å². The van der Waals surface area contributed by atoms with E-state index in [2.05, 4.69) is 15.3 Å². The van der Waals surface area contributed by atoms with Gasteiger partial charge >= 0.3 is 0 Å². The number of nitrogens with one attached hydrogen (secondary N) is 1. The number of nitrogens with zero attached hydrogens (tertiary/aromatic N) is 2. The summed E-state index contributed by atoms with van der Waals surface area (Å²) >= 11 is 13.3. The maximum Gasteiger partial charge on any atom is 0.261 e. The van der Waals surface area contributed by atoms with Crippen LogP contribution in [0.25, 0.3) is 21.5 Å². The number of carbonyl (C=O) groups excluding carboxylic acids is 1. The number of hydrogen-bond donors (Lipinski definition) is 4. The van der Waals surface area contributed by atoms with Crippen molar-refractivity contribution >= 4 is 56.6 Å². The van der Waals surface area contributed by atoms with E-state index in [1.54, 1.807) is 24.3 Å². The van der Waals surface area contributed by atoms with Crippen molar-refractivity contribution in [3.8, 4) is 11.3 Å². The van der Waals surface area contributed by atoms with E-state index < -0.39 is 11.9 Å². The molecule has 1 amide bonds. The minimum Gasteiger partial charge on any atom is -0.394 e. The number of aromatic nitrogens is 2. The molecule has 3 aromatic rings. The maximum absolute atomic E-state index is 12.3. The molecular weight excluding hydrogens is 399 g/mol. The standard InChI is InChI=1S/C16H14Cl2N4O3S/c17-7-1-2-9(11(18)3-7)13-10-4-12(14(25)20-8(5-23)6-24)26-15(10)22-16(19)21-13/h1-4,8,23-24H,5-6H2,(H,20,25)(H2,19,21,22). The molecule has 0 radical (unpaired) electrons. The summed E-state index contributed by atoms with van der Waals surface area (Å²) in [5.74, 6) is -0.385. The van der Waals surface area contributed by atoms with E-state index in [9.17, 15) is 4.79 Å². The van der Waals surface area contributed by atoms with Crippen LogP contribution in [0.5, 0.6) is 0 Å². The molecule has 2 heterocycles. The number of benzene rings is 1. The first-order valence-corrected chi connectivity index (χ1v) is 9.05. The molecule has 1 aromatic carbocycles. The fourth-order valence-electron chi connectivity index (χ4n) is 2.34. The Kier molecular flexibility index (Phi) is 5.59. The first kappa shape index (κ1) is 18.8. The van der Waals surface area contributed by atoms with Gasteiger partial charge in [-0.1, -0.05) is 23.2 Å². The highest BCUT2D eigenvalue weighted by molar-refractivity contribution is 7.20. The van der Waals surface area contributed by atoms with Crippen LogP contribution in [0.4, 0.5) is 5.95 Å². The van der Waals surface area contributed by atoms with Gasteiger partial charge < -0.3 is 21.3 Å². The van der Waals surface area contributed by atoms with Gasteiger partial charge in [0.2, 0.25) is 5.95 Å². The zero-order chi connectivity index (χ0) is 18.8. The Morgan fingerprint density at radius 2 is 1.96 bits per heavy atom. The molecule has 0 saturated carbocycles. The molecular formula is C16H14Cl2N4O3S. The highest BCUT2D eigenvalue weighted by Gasteiger charge is 2.19. The number of carbonyl (C=O) groups is 1. The van der Waals surface area contributed by atoms with Crippen molar-refractivity contribution in [2.24, 2.45) is 0 Å². The van der Waals surface area contributed by atoms with E-state index in [4.69, 9.17) is 39.1 Å². The molecule has 0 aliphatic rings. The average molecular weight is 413 g/mol. The number of thiophene rings is 1. The van der Waals surface area contributed by atoms with E-state index in [1.165, 1.54) is 0 Å². The number of nitrogen functional groups attached to an aromatic ring is 1. The van der Waals surface area contributed by atoms with Crippen molar-refractivity contribution in [3.63, 3.8) is 0 Å². The lowest BCUT2D eigenvalue weighted by molar-refractivity contribution is 0.0883. The van der Waals surface area contributed by atoms with Crippen molar-refractivity contribution in [2.75, 3.05) is 18.9 Å². The second kappa shape index (κ2) is 7.73. The van der Waals surface area contributed by atoms with Gasteiger partial charge in [-0.05, 0) is 24.3 Å². The maximum atomic E-state index is 12.3. The van der Waals surface area contributed by atoms with Crippen LogP contribution in [0.1, 0.15) is 9.67 Å². The Labute approximate surface area is 162 Å². The number of anilines is 1. The molecule has 136 valence electrons. The first-order chi connectivity index (χ1) is 12.4. The summed E-state index contributed by atoms with van der Waals surface area (Å²) < 4.78 is 0. The Bertz CT molecular complexity index is 976. The quantitative estimate of drug-likeness (QED) is 0.510. The van der Waals surface area contributed by atoms with Crippen LogP contribution < -0.4 is 11.1 Å². The number of fused-ring (bicyclic) bond motifs is 1. The van der Waals surface area contributed by atoms with Gasteiger partial charge in [0.1, 0.15) is 4.83 Å². The summed E-state index contributed by atoms with van der Waals surface area (Å²) in [6.45, 7) is -0.739. The van der Waals surface area contributed by atoms with Gasteiger partial charge in [-0.3, -0.25) is 4.79 Å². The molecule has 0 aliphatic carbocycles. The number of halogens is 2. The molecule has 5 N–H and O–H groups in total. The van der Waals surface area contributed by atoms with Crippen LogP contribution in [-0.2, 0) is 0 Å². The van der Waals surface area contributed by atoms with Crippen molar-refractivity contribution < 1.29 is 15.0 Å². The molecule has 26 heavy (non-hydrogen) atoms. The molecule has 0 spiro atoms. The Morgan fingerprint density at radius 1 is 1.23 bits per heavy atom. The summed E-state index contributed by atoms with van der Waals surface area (Å²) in [5.41, 5.74) is 6.91. The van der Waals surface area contributed by atoms with Crippen molar-refractivity contribution in [3.05, 3.63) is 39.2 Å². The topological polar surface area (TPSA) is 121 Å². The van der Waals surface area contributed by atoms with Gasteiger partial charge in [-0.25, -0.2) is 9.97 Å². The Hall–Kier alpha value is -1.97. The molecule has 2 aromatic heterocycles. The summed E-state index contributed by atoms with van der Waals surface area (Å²) in [4.78, 5) is 21.6. The second-order valence-corrected chi connectivity index (χ2v) is 7.29. The Morgan fingerprint density at radius 3 is 2.62 bits per heavy atom. The molecule has 10 heteroatoms. The van der Waals surface area contributed by atoms with Crippen LogP contribution in [0.15, 0.2) is 24.3 Å². The smallest absolute Gasteiger partial charge is 0.261 e. The lowest BCUT2D eigenvalue weighted by atomic mass is 10.1. The number of rotatable bonds is 5. The zero-order valence-electron chi connectivity index (χ0n) is 13.2. The van der Waals surface area contributed by atoms with Gasteiger partial charge in [0.05, 0.1) is 34.8 Å². The minimum absolute atomic E-state index is 0.0518. The highest BCUT2D eigenvalue weighted by atomic mass is 35.5. The third kappa shape index (κ3) is 3.74. The number of aliphatic hydroxyl groups is 2. The average Bonchev–Trinajstić information content (AvgIpc) is 3.03. The minimum atomic E-state index is -0.742. The third-order valence-corrected chi connectivity index (χ3v) is 5.17. The summed E-state index contributed by atoms with van der Waals surface area (Å²) in [7, 11) is 0. The predicted octanol–water partition coefficient (Wildman–Crippen LogP) is 2.33. The zero-order valence-corrected chi connectivity index (χ0v) is 15.6. The largest absolute Gasteiger partial charge is 0.394 e. The van der Waals surface area contributed by atoms with E-state index in [-0.39, 0.29) is 19.2 Å². The van der Waals surface area contributed by atoms with Gasteiger partial charge in [0.15, 0.2) is 0 Å². The number of nitrogens with two attached hydrogens (primary N) is 1. The van der Waals surface area contributed by atoms with E-state index in [0.717, 1.165) is 11.3 Å². The van der Waals surface area contributed by atoms with Crippen LogP contribution in [0, 0.1) is 0 Å². The predicted molar refractivity (Wildman–Crippen MR) is 103 cm³/mol. The van der Waals surface area contributed by atoms with E-state index >= 15 is 0 Å². The molecule has 3 rings (SSSR count). The van der Waals surface area contributed by atoms with Crippen LogP contribution >= 0.6 is 34.5 Å². The fraction of sp³-hybridized carbons (Fsp3) is 0.188. The third-order valence-electron chi connectivity index (χ3n) is 3.60. The molecule has 0 fully saturated rings. The normalized spacial score (nSPS) is 11.3. The van der Waals surface area contributed by atoms with Crippen LogP contribution in [0.3, 0.4) is 0 Å². The van der Waals surface area contributed by atoms with Gasteiger partial charge in [-0.2, -0.15) is 0 Å². The number of hydrogen-bond acceptors (Lipinski definition) is 7. The monoisotopic (exact) mass is 412 g/mol. The molecule has 0 atom stereocenters. The summed E-state index contributed by atoms with van der Waals surface area (Å²) in [6, 6.07) is 5.88. The highest BCUT2D eigenvalue weighted by Crippen LogP contribution is 2.36. The molecule has 0 bridgehead atoms. The van der Waals surface area contributed by atoms with Gasteiger partial charge in [-0.15, -0.1) is 11.3 Å². The second-order valence-electron chi connectivity index (χ2n) is 5.42. The number of amides is 1. The first-order valence-electron chi connectivity index (χ1n) is 7.48. The van der Waals surface area contributed by atoms with Gasteiger partial charge in [0, 0.05) is 16.0 Å². The van der Waals surface area contributed by atoms with E-state index in [0.29, 0.717) is 36.4 Å². The van der Waals surface area contributed by atoms with Gasteiger partial charge in [0.25, 0.3) is 5.91 Å². The SMILES string of the molecule is Nc1nc(-c2ccc(Cl)cc2Cl)c2cc(C(=O)NC(CO)CO)sc2n1. The lowest BCUT2D eigenvalue weighted by Gasteiger charge is -2.11. The van der Waals surface area contributed by atoms with Crippen molar-refractivity contribution in [2.45, 2.75) is 6.04 Å². The van der Waals surface area contributed by atoms with E-state index in [1.807, 2.05) is 0 Å². The molecule has 0 saturated heterocycles. The molecule has 0 aliphatic heterocycles. The van der Waals surface area contributed by atoms with Crippen LogP contribution in [0.2, 0.25) is 10.0 Å². The molecule has 7 nitrogen and oxygen atoms in total. The van der Waals surface area contributed by atoms with Crippen LogP contribution in [-0.4, -0.2) is 45.3 Å². The van der Waals surface area contributed by atoms with Crippen molar-refractivity contribution in [1.29, 1.82) is 0 Å². The summed E-state index contributed by atoms with van der Waals surface area (Å²) in [6.07, 6.45) is 0. The lowest BCUT2D eigenvalue weighted by Crippen LogP contribution is -2.39. The molecule has 0 unspecified atom stereocenters. The Balaban J connectivity index is 2.08. The fourth-order valence-corrected chi connectivity index (χ4v) is 3.78.